The lowest BCUT2D eigenvalue weighted by Crippen LogP contribution is -2.35. The molecular formula is C9H17NOS. The topological polar surface area (TPSA) is 20.3 Å². The zero-order valence-electron chi connectivity index (χ0n) is 7.88. The van der Waals surface area contributed by atoms with Crippen molar-refractivity contribution >= 4 is 17.7 Å². The van der Waals surface area contributed by atoms with Crippen LogP contribution in [0.1, 0.15) is 20.3 Å². The van der Waals surface area contributed by atoms with Gasteiger partial charge in [-0.3, -0.25) is 4.79 Å². The van der Waals surface area contributed by atoms with Gasteiger partial charge in [-0.15, -0.1) is 0 Å². The van der Waals surface area contributed by atoms with Gasteiger partial charge in [0.05, 0.1) is 0 Å². The summed E-state index contributed by atoms with van der Waals surface area (Å²) in [6.45, 7) is 5.81. The molecule has 0 saturated carbocycles. The minimum Gasteiger partial charge on any atom is -0.343 e. The molecule has 1 amide bonds. The summed E-state index contributed by atoms with van der Waals surface area (Å²) in [6.07, 6.45) is 1.08. The van der Waals surface area contributed by atoms with E-state index < -0.39 is 0 Å². The molecule has 0 bridgehead atoms. The lowest BCUT2D eigenvalue weighted by Gasteiger charge is -2.21. The van der Waals surface area contributed by atoms with Gasteiger partial charge in [0.2, 0.25) is 5.91 Å². The van der Waals surface area contributed by atoms with E-state index in [1.807, 2.05) is 30.5 Å². The van der Waals surface area contributed by atoms with Gasteiger partial charge in [-0.2, -0.15) is 11.8 Å². The van der Waals surface area contributed by atoms with Crippen LogP contribution in [0.5, 0.6) is 0 Å². The van der Waals surface area contributed by atoms with E-state index >= 15 is 0 Å². The molecule has 1 heterocycles. The summed E-state index contributed by atoms with van der Waals surface area (Å²) in [5.74, 6) is 2.88. The Morgan fingerprint density at radius 1 is 1.50 bits per heavy atom. The van der Waals surface area contributed by atoms with E-state index in [0.29, 0.717) is 11.8 Å². The highest BCUT2D eigenvalue weighted by Crippen LogP contribution is 2.24. The normalized spacial score (nSPS) is 22.7. The van der Waals surface area contributed by atoms with E-state index in [9.17, 15) is 4.79 Å². The van der Waals surface area contributed by atoms with Gasteiger partial charge in [0.25, 0.3) is 0 Å². The Morgan fingerprint density at radius 3 is 2.58 bits per heavy atom. The number of hydrogen-bond acceptors (Lipinski definition) is 2. The first-order chi connectivity index (χ1) is 5.79. The van der Waals surface area contributed by atoms with E-state index in [1.54, 1.807) is 0 Å². The monoisotopic (exact) mass is 187 g/mol. The molecule has 0 spiro atoms. The molecule has 1 aliphatic heterocycles. The molecule has 0 N–H and O–H groups in total. The molecule has 1 saturated heterocycles. The summed E-state index contributed by atoms with van der Waals surface area (Å²) in [7, 11) is 0. The molecule has 0 aromatic heterocycles. The average Bonchev–Trinajstić information content (AvgIpc) is 2.58. The van der Waals surface area contributed by atoms with Crippen molar-refractivity contribution in [2.75, 3.05) is 24.6 Å². The van der Waals surface area contributed by atoms with Gasteiger partial charge < -0.3 is 4.90 Å². The van der Waals surface area contributed by atoms with Crippen molar-refractivity contribution in [2.45, 2.75) is 20.3 Å². The molecule has 0 aliphatic carbocycles. The standard InChI is InChI=1S/C9H17NOS/c1-3-10(4-2)9(11)8-5-6-12-7-8/h8H,3-7H2,1-2H3. The second kappa shape index (κ2) is 4.75. The number of hydrogen-bond donors (Lipinski definition) is 0. The Balaban J connectivity index is 2.43. The maximum atomic E-state index is 11.7. The van der Waals surface area contributed by atoms with Crippen LogP contribution < -0.4 is 0 Å². The number of carbonyl (C=O) groups is 1. The van der Waals surface area contributed by atoms with Gasteiger partial charge in [0, 0.05) is 24.8 Å². The van der Waals surface area contributed by atoms with Crippen LogP contribution in [0.25, 0.3) is 0 Å². The summed E-state index contributed by atoms with van der Waals surface area (Å²) >= 11 is 1.90. The highest BCUT2D eigenvalue weighted by Gasteiger charge is 2.25. The van der Waals surface area contributed by atoms with Crippen molar-refractivity contribution in [3.05, 3.63) is 0 Å². The Kier molecular flexibility index (Phi) is 3.92. The predicted molar refractivity (Wildman–Crippen MR) is 53.4 cm³/mol. The van der Waals surface area contributed by atoms with Crippen LogP contribution in [-0.2, 0) is 4.79 Å². The average molecular weight is 187 g/mol. The van der Waals surface area contributed by atoms with Crippen molar-refractivity contribution < 1.29 is 4.79 Å². The van der Waals surface area contributed by atoms with Gasteiger partial charge >= 0.3 is 0 Å². The Hall–Kier alpha value is -0.180. The smallest absolute Gasteiger partial charge is 0.226 e. The Morgan fingerprint density at radius 2 is 2.17 bits per heavy atom. The number of nitrogens with zero attached hydrogens (tertiary/aromatic N) is 1. The summed E-state index contributed by atoms with van der Waals surface area (Å²) < 4.78 is 0. The maximum absolute atomic E-state index is 11.7. The van der Waals surface area contributed by atoms with Crippen LogP contribution in [0.2, 0.25) is 0 Å². The van der Waals surface area contributed by atoms with Gasteiger partial charge in [-0.25, -0.2) is 0 Å². The molecule has 0 aromatic rings. The van der Waals surface area contributed by atoms with Crippen molar-refractivity contribution in [1.82, 2.24) is 4.90 Å². The van der Waals surface area contributed by atoms with Gasteiger partial charge in [-0.1, -0.05) is 0 Å². The molecule has 0 aromatic carbocycles. The largest absolute Gasteiger partial charge is 0.343 e. The lowest BCUT2D eigenvalue weighted by molar-refractivity contribution is -0.134. The molecule has 12 heavy (non-hydrogen) atoms. The summed E-state index contributed by atoms with van der Waals surface area (Å²) in [4.78, 5) is 13.7. The summed E-state index contributed by atoms with van der Waals surface area (Å²) in [5, 5.41) is 0. The first kappa shape index (κ1) is 9.90. The fraction of sp³-hybridized carbons (Fsp3) is 0.889. The van der Waals surface area contributed by atoms with Crippen LogP contribution in [0, 0.1) is 5.92 Å². The van der Waals surface area contributed by atoms with Crippen LogP contribution in [0.15, 0.2) is 0 Å². The molecule has 1 rings (SSSR count). The zero-order chi connectivity index (χ0) is 8.97. The first-order valence-electron chi connectivity index (χ1n) is 4.66. The third kappa shape index (κ3) is 2.16. The van der Waals surface area contributed by atoms with Gasteiger partial charge in [0.1, 0.15) is 0 Å². The minimum atomic E-state index is 0.315. The fourth-order valence-electron chi connectivity index (χ4n) is 1.52. The second-order valence-corrected chi connectivity index (χ2v) is 4.22. The number of rotatable bonds is 3. The van der Waals surface area contributed by atoms with Crippen LogP contribution in [0.4, 0.5) is 0 Å². The number of amides is 1. The molecule has 1 unspecified atom stereocenters. The molecule has 2 nitrogen and oxygen atoms in total. The Labute approximate surface area is 78.7 Å². The van der Waals surface area contributed by atoms with E-state index in [0.717, 1.165) is 31.0 Å². The lowest BCUT2D eigenvalue weighted by atomic mass is 10.1. The van der Waals surface area contributed by atoms with Crippen molar-refractivity contribution in [2.24, 2.45) is 5.92 Å². The molecule has 0 radical (unpaired) electrons. The van der Waals surface area contributed by atoms with Crippen LogP contribution in [0.3, 0.4) is 0 Å². The molecule has 1 aliphatic rings. The highest BCUT2D eigenvalue weighted by molar-refractivity contribution is 7.99. The van der Waals surface area contributed by atoms with E-state index in [4.69, 9.17) is 0 Å². The predicted octanol–water partition coefficient (Wildman–Crippen LogP) is 1.61. The van der Waals surface area contributed by atoms with Crippen molar-refractivity contribution in [1.29, 1.82) is 0 Å². The summed E-state index contributed by atoms with van der Waals surface area (Å²) in [5.41, 5.74) is 0. The Bertz CT molecular complexity index is 147. The van der Waals surface area contributed by atoms with Crippen molar-refractivity contribution in [3.8, 4) is 0 Å². The van der Waals surface area contributed by atoms with E-state index in [-0.39, 0.29) is 0 Å². The summed E-state index contributed by atoms with van der Waals surface area (Å²) in [6, 6.07) is 0. The van der Waals surface area contributed by atoms with Crippen LogP contribution >= 0.6 is 11.8 Å². The SMILES string of the molecule is CCN(CC)C(=O)C1CCSC1. The van der Waals surface area contributed by atoms with Crippen molar-refractivity contribution in [3.63, 3.8) is 0 Å². The molecule has 1 fully saturated rings. The number of carbonyl (C=O) groups excluding carboxylic acids is 1. The third-order valence-electron chi connectivity index (χ3n) is 2.35. The molecular weight excluding hydrogens is 170 g/mol. The third-order valence-corrected chi connectivity index (χ3v) is 3.52. The van der Waals surface area contributed by atoms with Gasteiger partial charge in [-0.05, 0) is 26.0 Å². The van der Waals surface area contributed by atoms with E-state index in [1.165, 1.54) is 0 Å². The van der Waals surface area contributed by atoms with E-state index in [2.05, 4.69) is 0 Å². The minimum absolute atomic E-state index is 0.315. The molecule has 3 heteroatoms. The fourth-order valence-corrected chi connectivity index (χ4v) is 2.73. The zero-order valence-corrected chi connectivity index (χ0v) is 8.69. The first-order valence-corrected chi connectivity index (χ1v) is 5.81. The van der Waals surface area contributed by atoms with Gasteiger partial charge in [0.15, 0.2) is 0 Å². The highest BCUT2D eigenvalue weighted by atomic mass is 32.2. The van der Waals surface area contributed by atoms with Crippen LogP contribution in [-0.4, -0.2) is 35.4 Å². The molecule has 1 atom stereocenters. The molecule has 70 valence electrons. The second-order valence-electron chi connectivity index (χ2n) is 3.07. The number of thioether (sulfide) groups is 1. The quantitative estimate of drug-likeness (QED) is 0.669. The maximum Gasteiger partial charge on any atom is 0.226 e.